The van der Waals surface area contributed by atoms with Crippen LogP contribution in [0.25, 0.3) is 0 Å². The lowest BCUT2D eigenvalue weighted by molar-refractivity contribution is 0.0950. The fourth-order valence-corrected chi connectivity index (χ4v) is 2.73. The van der Waals surface area contributed by atoms with Gasteiger partial charge in [0.1, 0.15) is 5.82 Å². The highest BCUT2D eigenvalue weighted by atomic mass is 79.9. The minimum Gasteiger partial charge on any atom is -0.454 e. The second-order valence-corrected chi connectivity index (χ2v) is 5.93. The largest absolute Gasteiger partial charge is 0.454 e. The second kappa shape index (κ2) is 6.14. The van der Waals surface area contributed by atoms with Gasteiger partial charge in [-0.3, -0.25) is 4.79 Å². The van der Waals surface area contributed by atoms with Gasteiger partial charge in [0.05, 0.1) is 5.02 Å². The van der Waals surface area contributed by atoms with Crippen molar-refractivity contribution in [3.8, 4) is 11.5 Å². The Balaban J connectivity index is 1.75. The molecule has 4 nitrogen and oxygen atoms in total. The Hall–Kier alpha value is -1.79. The molecule has 2 aromatic rings. The normalized spacial score (nSPS) is 12.3. The number of carbonyl (C=O) groups is 1. The Morgan fingerprint density at radius 1 is 1.32 bits per heavy atom. The molecule has 114 valence electrons. The first-order valence-corrected chi connectivity index (χ1v) is 7.53. The first kappa shape index (κ1) is 15.1. The number of amides is 1. The van der Waals surface area contributed by atoms with Crippen LogP contribution in [0.5, 0.6) is 11.5 Å². The molecule has 1 heterocycles. The first-order chi connectivity index (χ1) is 10.5. The van der Waals surface area contributed by atoms with Gasteiger partial charge >= 0.3 is 0 Å². The summed E-state index contributed by atoms with van der Waals surface area (Å²) in [5, 5.41) is 2.95. The van der Waals surface area contributed by atoms with Crippen LogP contribution in [-0.4, -0.2) is 12.7 Å². The summed E-state index contributed by atoms with van der Waals surface area (Å²) in [6.07, 6.45) is 0. The summed E-state index contributed by atoms with van der Waals surface area (Å²) in [5.41, 5.74) is 0.708. The van der Waals surface area contributed by atoms with Gasteiger partial charge in [-0.25, -0.2) is 4.39 Å². The maximum atomic E-state index is 13.6. The van der Waals surface area contributed by atoms with Crippen LogP contribution in [0.1, 0.15) is 15.9 Å². The summed E-state index contributed by atoms with van der Waals surface area (Å²) in [5.74, 6) is 0.0920. The van der Waals surface area contributed by atoms with E-state index in [9.17, 15) is 9.18 Å². The Morgan fingerprint density at radius 2 is 2.14 bits per heavy atom. The van der Waals surface area contributed by atoms with E-state index in [4.69, 9.17) is 21.1 Å². The molecule has 0 atom stereocenters. The number of hydrogen-bond acceptors (Lipinski definition) is 3. The summed E-state index contributed by atoms with van der Waals surface area (Å²) in [4.78, 5) is 12.2. The molecule has 2 aromatic carbocycles. The Kier molecular flexibility index (Phi) is 4.22. The number of hydrogen-bond donors (Lipinski definition) is 1. The highest BCUT2D eigenvalue weighted by Gasteiger charge is 2.20. The van der Waals surface area contributed by atoms with E-state index < -0.39 is 0 Å². The van der Waals surface area contributed by atoms with E-state index in [1.807, 2.05) is 0 Å². The molecule has 0 aromatic heterocycles. The zero-order valence-corrected chi connectivity index (χ0v) is 13.5. The number of fused-ring (bicyclic) bond motifs is 1. The van der Waals surface area contributed by atoms with Gasteiger partial charge in [0, 0.05) is 22.1 Å². The van der Waals surface area contributed by atoms with Gasteiger partial charge < -0.3 is 14.8 Å². The maximum Gasteiger partial charge on any atom is 0.251 e. The predicted molar refractivity (Wildman–Crippen MR) is 82.8 cm³/mol. The third-order valence-electron chi connectivity index (χ3n) is 3.14. The number of halogens is 3. The zero-order valence-electron chi connectivity index (χ0n) is 11.2. The highest BCUT2D eigenvalue weighted by molar-refractivity contribution is 9.10. The van der Waals surface area contributed by atoms with Crippen LogP contribution in [0.4, 0.5) is 4.39 Å². The molecule has 0 aliphatic carbocycles. The quantitative estimate of drug-likeness (QED) is 0.870. The van der Waals surface area contributed by atoms with Gasteiger partial charge in [0.15, 0.2) is 11.5 Å². The van der Waals surface area contributed by atoms with Gasteiger partial charge in [-0.15, -0.1) is 0 Å². The SMILES string of the molecule is O=C(NCc1cc(Br)ccc1F)c1cc(Cl)c2c(c1)OCO2. The molecule has 22 heavy (non-hydrogen) atoms. The monoisotopic (exact) mass is 385 g/mol. The van der Waals surface area contributed by atoms with Crippen molar-refractivity contribution < 1.29 is 18.7 Å². The highest BCUT2D eigenvalue weighted by Crippen LogP contribution is 2.39. The molecule has 7 heteroatoms. The van der Waals surface area contributed by atoms with Crippen LogP contribution < -0.4 is 14.8 Å². The maximum absolute atomic E-state index is 13.6. The van der Waals surface area contributed by atoms with Gasteiger partial charge in [-0.2, -0.15) is 0 Å². The molecule has 3 rings (SSSR count). The van der Waals surface area contributed by atoms with Crippen molar-refractivity contribution in [2.75, 3.05) is 6.79 Å². The van der Waals surface area contributed by atoms with Gasteiger partial charge in [-0.05, 0) is 30.3 Å². The van der Waals surface area contributed by atoms with Crippen molar-refractivity contribution in [3.05, 3.63) is 56.8 Å². The van der Waals surface area contributed by atoms with Crippen LogP contribution >= 0.6 is 27.5 Å². The Morgan fingerprint density at radius 3 is 2.95 bits per heavy atom. The summed E-state index contributed by atoms with van der Waals surface area (Å²) < 4.78 is 24.8. The molecule has 0 bridgehead atoms. The van der Waals surface area contributed by atoms with Crippen molar-refractivity contribution >= 4 is 33.4 Å². The van der Waals surface area contributed by atoms with E-state index in [2.05, 4.69) is 21.2 Å². The third kappa shape index (κ3) is 3.03. The predicted octanol–water partition coefficient (Wildman–Crippen LogP) is 3.90. The molecule has 1 aliphatic heterocycles. The van der Waals surface area contributed by atoms with Crippen LogP contribution in [0, 0.1) is 5.82 Å². The molecule has 0 fully saturated rings. The van der Waals surface area contributed by atoms with Crippen LogP contribution in [-0.2, 0) is 6.54 Å². The number of benzene rings is 2. The lowest BCUT2D eigenvalue weighted by Crippen LogP contribution is -2.23. The lowest BCUT2D eigenvalue weighted by atomic mass is 10.1. The third-order valence-corrected chi connectivity index (χ3v) is 3.91. The van der Waals surface area contributed by atoms with Crippen LogP contribution in [0.3, 0.4) is 0 Å². The summed E-state index contributed by atoms with van der Waals surface area (Å²) in [6, 6.07) is 7.58. The molecular weight excluding hydrogens is 377 g/mol. The standard InChI is InChI=1S/C15H10BrClFNO3/c16-10-1-2-12(18)9(3-10)6-19-15(20)8-4-11(17)14-13(5-8)21-7-22-14/h1-5H,6-7H2,(H,19,20). The van der Waals surface area contributed by atoms with Gasteiger partial charge in [0.2, 0.25) is 6.79 Å². The molecule has 0 radical (unpaired) electrons. The van der Waals surface area contributed by atoms with Crippen molar-refractivity contribution in [1.82, 2.24) is 5.32 Å². The Labute approximate surface area is 139 Å². The van der Waals surface area contributed by atoms with Gasteiger partial charge in [-0.1, -0.05) is 27.5 Å². The minimum atomic E-state index is -0.382. The van der Waals surface area contributed by atoms with E-state index in [1.165, 1.54) is 12.1 Å². The van der Waals surface area contributed by atoms with E-state index >= 15 is 0 Å². The van der Waals surface area contributed by atoms with E-state index in [-0.39, 0.29) is 25.1 Å². The second-order valence-electron chi connectivity index (χ2n) is 4.61. The number of nitrogens with one attached hydrogen (secondary N) is 1. The van der Waals surface area contributed by atoms with Crippen molar-refractivity contribution in [3.63, 3.8) is 0 Å². The van der Waals surface area contributed by atoms with Crippen molar-refractivity contribution in [2.24, 2.45) is 0 Å². The fraction of sp³-hybridized carbons (Fsp3) is 0.133. The Bertz CT molecular complexity index is 754. The number of ether oxygens (including phenoxy) is 2. The van der Waals surface area contributed by atoms with Crippen molar-refractivity contribution in [1.29, 1.82) is 0 Å². The van der Waals surface area contributed by atoms with Crippen LogP contribution in [0.15, 0.2) is 34.8 Å². The molecule has 1 N–H and O–H groups in total. The topological polar surface area (TPSA) is 47.6 Å². The first-order valence-electron chi connectivity index (χ1n) is 6.36. The molecule has 0 saturated heterocycles. The molecule has 1 amide bonds. The summed E-state index contributed by atoms with van der Waals surface area (Å²) in [7, 11) is 0. The number of rotatable bonds is 3. The van der Waals surface area contributed by atoms with E-state index in [1.54, 1.807) is 18.2 Å². The minimum absolute atomic E-state index is 0.0656. The van der Waals surface area contributed by atoms with E-state index in [0.717, 1.165) is 4.47 Å². The smallest absolute Gasteiger partial charge is 0.251 e. The molecule has 1 aliphatic rings. The average Bonchev–Trinajstić information content (AvgIpc) is 2.97. The van der Waals surface area contributed by atoms with Crippen molar-refractivity contribution in [2.45, 2.75) is 6.54 Å². The average molecular weight is 387 g/mol. The van der Waals surface area contributed by atoms with Crippen LogP contribution in [0.2, 0.25) is 5.02 Å². The summed E-state index contributed by atoms with van der Waals surface area (Å²) >= 11 is 9.30. The molecular formula is C15H10BrClFNO3. The molecule has 0 unspecified atom stereocenters. The number of carbonyl (C=O) groups excluding carboxylic acids is 1. The van der Waals surface area contributed by atoms with Gasteiger partial charge in [0.25, 0.3) is 5.91 Å². The molecule has 0 spiro atoms. The lowest BCUT2D eigenvalue weighted by Gasteiger charge is -2.08. The molecule has 0 saturated carbocycles. The fourth-order valence-electron chi connectivity index (χ4n) is 2.05. The van der Waals surface area contributed by atoms with E-state index in [0.29, 0.717) is 27.6 Å². The summed E-state index contributed by atoms with van der Waals surface area (Å²) in [6.45, 7) is 0.138. The zero-order chi connectivity index (χ0) is 15.7.